The molecule has 0 spiro atoms. The molecule has 0 saturated carbocycles. The average Bonchev–Trinajstić information content (AvgIpc) is 2.55. The van der Waals surface area contributed by atoms with Gasteiger partial charge in [0.05, 0.1) is 5.92 Å². The summed E-state index contributed by atoms with van der Waals surface area (Å²) >= 11 is 0. The Labute approximate surface area is 129 Å². The quantitative estimate of drug-likeness (QED) is 0.943. The Balaban J connectivity index is 1.79. The number of hydrogen-bond donors (Lipinski definition) is 1. The van der Waals surface area contributed by atoms with Gasteiger partial charge in [-0.15, -0.1) is 0 Å². The van der Waals surface area contributed by atoms with E-state index in [0.29, 0.717) is 18.7 Å². The van der Waals surface area contributed by atoms with Crippen molar-refractivity contribution < 1.29 is 9.90 Å². The lowest BCUT2D eigenvalue weighted by Gasteiger charge is -2.31. The van der Waals surface area contributed by atoms with Gasteiger partial charge in [0.2, 0.25) is 0 Å². The van der Waals surface area contributed by atoms with E-state index < -0.39 is 5.97 Å². The van der Waals surface area contributed by atoms with Gasteiger partial charge in [0.15, 0.2) is 5.82 Å². The lowest BCUT2D eigenvalue weighted by Crippen LogP contribution is -2.36. The van der Waals surface area contributed by atoms with Gasteiger partial charge in [0.25, 0.3) is 0 Å². The van der Waals surface area contributed by atoms with Crippen molar-refractivity contribution in [1.29, 1.82) is 0 Å². The van der Waals surface area contributed by atoms with E-state index in [2.05, 4.69) is 20.9 Å². The van der Waals surface area contributed by atoms with Crippen LogP contribution in [0.15, 0.2) is 36.5 Å². The number of carbonyl (C=O) groups is 1. The third kappa shape index (κ3) is 3.08. The van der Waals surface area contributed by atoms with Crippen LogP contribution >= 0.6 is 0 Å². The first kappa shape index (κ1) is 14.5. The molecule has 1 aromatic carbocycles. The molecule has 0 bridgehead atoms. The minimum absolute atomic E-state index is 0.227. The monoisotopic (exact) mass is 297 g/mol. The molecule has 0 unspecified atom stereocenters. The number of hydrogen-bond acceptors (Lipinski definition) is 4. The van der Waals surface area contributed by atoms with Crippen LogP contribution in [0.2, 0.25) is 0 Å². The number of rotatable bonds is 3. The molecule has 1 aliphatic heterocycles. The second-order valence-corrected chi connectivity index (χ2v) is 5.71. The minimum atomic E-state index is -0.692. The van der Waals surface area contributed by atoms with Crippen molar-refractivity contribution >= 4 is 11.8 Å². The second-order valence-electron chi connectivity index (χ2n) is 5.71. The van der Waals surface area contributed by atoms with E-state index in [-0.39, 0.29) is 5.92 Å². The SMILES string of the molecule is Cc1cccc(-c2nccc(N3CCC(C(=O)O)CC3)n2)c1. The molecule has 1 aromatic heterocycles. The first-order chi connectivity index (χ1) is 10.6. The normalized spacial score (nSPS) is 15.8. The summed E-state index contributed by atoms with van der Waals surface area (Å²) in [5.41, 5.74) is 2.18. The van der Waals surface area contributed by atoms with E-state index in [1.54, 1.807) is 6.20 Å². The van der Waals surface area contributed by atoms with Crippen molar-refractivity contribution in [2.24, 2.45) is 5.92 Å². The minimum Gasteiger partial charge on any atom is -0.481 e. The van der Waals surface area contributed by atoms with Crippen molar-refractivity contribution in [2.45, 2.75) is 19.8 Å². The molecule has 1 N–H and O–H groups in total. The zero-order valence-corrected chi connectivity index (χ0v) is 12.6. The van der Waals surface area contributed by atoms with Gasteiger partial charge in [-0.05, 0) is 31.9 Å². The van der Waals surface area contributed by atoms with Gasteiger partial charge >= 0.3 is 5.97 Å². The number of piperidine rings is 1. The Morgan fingerprint density at radius 2 is 2.05 bits per heavy atom. The van der Waals surface area contributed by atoms with E-state index in [0.717, 1.165) is 24.5 Å². The number of benzene rings is 1. The highest BCUT2D eigenvalue weighted by molar-refractivity contribution is 5.70. The maximum absolute atomic E-state index is 11.0. The third-order valence-electron chi connectivity index (χ3n) is 4.09. The van der Waals surface area contributed by atoms with Crippen molar-refractivity contribution in [3.05, 3.63) is 42.1 Å². The summed E-state index contributed by atoms with van der Waals surface area (Å²) in [4.78, 5) is 22.2. The lowest BCUT2D eigenvalue weighted by atomic mass is 9.97. The van der Waals surface area contributed by atoms with Crippen molar-refractivity contribution in [1.82, 2.24) is 9.97 Å². The van der Waals surface area contributed by atoms with E-state index in [1.807, 2.05) is 31.2 Å². The smallest absolute Gasteiger partial charge is 0.306 e. The number of aryl methyl sites for hydroxylation is 1. The predicted octanol–water partition coefficient (Wildman–Crippen LogP) is 2.75. The number of aliphatic carboxylic acids is 1. The first-order valence-electron chi connectivity index (χ1n) is 7.51. The van der Waals surface area contributed by atoms with Gasteiger partial charge in [0.1, 0.15) is 5.82 Å². The van der Waals surface area contributed by atoms with Crippen LogP contribution in [-0.4, -0.2) is 34.1 Å². The van der Waals surface area contributed by atoms with E-state index in [1.165, 1.54) is 5.56 Å². The van der Waals surface area contributed by atoms with Crippen LogP contribution in [0.3, 0.4) is 0 Å². The Morgan fingerprint density at radius 3 is 2.73 bits per heavy atom. The molecule has 5 heteroatoms. The predicted molar refractivity (Wildman–Crippen MR) is 84.8 cm³/mol. The highest BCUT2D eigenvalue weighted by Gasteiger charge is 2.25. The fourth-order valence-electron chi connectivity index (χ4n) is 2.80. The summed E-state index contributed by atoms with van der Waals surface area (Å²) in [6.07, 6.45) is 3.10. The Kier molecular flexibility index (Phi) is 4.04. The Morgan fingerprint density at radius 1 is 1.27 bits per heavy atom. The van der Waals surface area contributed by atoms with Gasteiger partial charge in [-0.3, -0.25) is 4.79 Å². The fourth-order valence-corrected chi connectivity index (χ4v) is 2.80. The maximum Gasteiger partial charge on any atom is 0.306 e. The van der Waals surface area contributed by atoms with Crippen molar-refractivity contribution in [3.63, 3.8) is 0 Å². The van der Waals surface area contributed by atoms with Crippen LogP contribution in [0.5, 0.6) is 0 Å². The molecule has 1 aliphatic rings. The van der Waals surface area contributed by atoms with Crippen LogP contribution in [0.25, 0.3) is 11.4 Å². The molecule has 0 amide bonds. The van der Waals surface area contributed by atoms with E-state index >= 15 is 0 Å². The molecule has 2 aromatic rings. The average molecular weight is 297 g/mol. The standard InChI is InChI=1S/C17H19N3O2/c1-12-3-2-4-14(11-12)16-18-8-5-15(19-16)20-9-6-13(7-10-20)17(21)22/h2-5,8,11,13H,6-7,9-10H2,1H3,(H,21,22). The highest BCUT2D eigenvalue weighted by Crippen LogP contribution is 2.24. The molecule has 22 heavy (non-hydrogen) atoms. The maximum atomic E-state index is 11.0. The zero-order valence-electron chi connectivity index (χ0n) is 12.6. The second kappa shape index (κ2) is 6.13. The van der Waals surface area contributed by atoms with Crippen LogP contribution in [0.4, 0.5) is 5.82 Å². The van der Waals surface area contributed by atoms with E-state index in [4.69, 9.17) is 5.11 Å². The largest absolute Gasteiger partial charge is 0.481 e. The van der Waals surface area contributed by atoms with Crippen LogP contribution in [0.1, 0.15) is 18.4 Å². The summed E-state index contributed by atoms with van der Waals surface area (Å²) in [5.74, 6) is 0.661. The Bertz CT molecular complexity index is 679. The summed E-state index contributed by atoms with van der Waals surface area (Å²) in [6, 6.07) is 10.0. The summed E-state index contributed by atoms with van der Waals surface area (Å²) in [7, 11) is 0. The molecular weight excluding hydrogens is 278 g/mol. The molecular formula is C17H19N3O2. The van der Waals surface area contributed by atoms with Crippen LogP contribution in [0, 0.1) is 12.8 Å². The summed E-state index contributed by atoms with van der Waals surface area (Å²) in [5, 5.41) is 9.07. The zero-order chi connectivity index (χ0) is 15.5. The molecule has 1 fully saturated rings. The van der Waals surface area contributed by atoms with Gasteiger partial charge < -0.3 is 10.0 Å². The van der Waals surface area contributed by atoms with Gasteiger partial charge in [-0.25, -0.2) is 9.97 Å². The fraction of sp³-hybridized carbons (Fsp3) is 0.353. The van der Waals surface area contributed by atoms with E-state index in [9.17, 15) is 4.79 Å². The molecule has 0 radical (unpaired) electrons. The van der Waals surface area contributed by atoms with Gasteiger partial charge in [-0.1, -0.05) is 23.8 Å². The molecule has 3 rings (SSSR count). The first-order valence-corrected chi connectivity index (χ1v) is 7.51. The summed E-state index contributed by atoms with van der Waals surface area (Å²) < 4.78 is 0. The molecule has 1 saturated heterocycles. The van der Waals surface area contributed by atoms with Gasteiger partial charge in [0, 0.05) is 24.8 Å². The number of carboxylic acids is 1. The number of nitrogens with zero attached hydrogens (tertiary/aromatic N) is 3. The highest BCUT2D eigenvalue weighted by atomic mass is 16.4. The number of anilines is 1. The molecule has 5 nitrogen and oxygen atoms in total. The number of aromatic nitrogens is 2. The third-order valence-corrected chi connectivity index (χ3v) is 4.09. The topological polar surface area (TPSA) is 66.3 Å². The molecule has 2 heterocycles. The Hall–Kier alpha value is -2.43. The van der Waals surface area contributed by atoms with Crippen LogP contribution < -0.4 is 4.90 Å². The lowest BCUT2D eigenvalue weighted by molar-refractivity contribution is -0.142. The molecule has 0 atom stereocenters. The van der Waals surface area contributed by atoms with Crippen LogP contribution in [-0.2, 0) is 4.79 Å². The van der Waals surface area contributed by atoms with Crippen molar-refractivity contribution in [3.8, 4) is 11.4 Å². The number of carboxylic acid groups (broad SMARTS) is 1. The molecule has 0 aliphatic carbocycles. The van der Waals surface area contributed by atoms with Crippen molar-refractivity contribution in [2.75, 3.05) is 18.0 Å². The molecule has 114 valence electrons. The summed E-state index contributed by atoms with van der Waals surface area (Å²) in [6.45, 7) is 3.49. The van der Waals surface area contributed by atoms with Gasteiger partial charge in [-0.2, -0.15) is 0 Å².